The number of unbranched alkanes of at least 4 members (excludes halogenated alkanes) is 1. The Balaban J connectivity index is 1.64. The molecule has 28 heavy (non-hydrogen) atoms. The van der Waals surface area contributed by atoms with Crippen LogP contribution in [0, 0.1) is 0 Å². The minimum atomic E-state index is 0.926. The molecular formula is C25H23N3. The zero-order valence-corrected chi connectivity index (χ0v) is 16.1. The monoisotopic (exact) mass is 365 g/mol. The third kappa shape index (κ3) is 2.04. The highest BCUT2D eigenvalue weighted by Crippen LogP contribution is 2.42. The lowest BCUT2D eigenvalue weighted by molar-refractivity contribution is 0.396. The number of para-hydroxylation sites is 3. The van der Waals surface area contributed by atoms with Crippen molar-refractivity contribution in [1.82, 2.24) is 9.30 Å². The Morgan fingerprint density at radius 1 is 0.750 bits per heavy atom. The van der Waals surface area contributed by atoms with Crippen molar-refractivity contribution in [3.05, 3.63) is 73.1 Å². The third-order valence-corrected chi connectivity index (χ3v) is 6.12. The maximum Gasteiger partial charge on any atom is 0.0942 e. The van der Waals surface area contributed by atoms with Crippen molar-refractivity contribution < 1.29 is 0 Å². The summed E-state index contributed by atoms with van der Waals surface area (Å²) in [6.45, 7) is 4.30. The summed E-state index contributed by atoms with van der Waals surface area (Å²) in [7, 11) is 0. The largest absolute Gasteiger partial charge is 0.358 e. The molecule has 0 N–H and O–H groups in total. The van der Waals surface area contributed by atoms with Crippen LogP contribution in [0.2, 0.25) is 0 Å². The van der Waals surface area contributed by atoms with Crippen LogP contribution < -0.4 is 4.90 Å². The van der Waals surface area contributed by atoms with Crippen molar-refractivity contribution in [2.24, 2.45) is 0 Å². The zero-order chi connectivity index (χ0) is 18.7. The fourth-order valence-electron chi connectivity index (χ4n) is 4.81. The Labute approximate surface area is 164 Å². The van der Waals surface area contributed by atoms with Crippen molar-refractivity contribution in [2.45, 2.75) is 19.8 Å². The van der Waals surface area contributed by atoms with E-state index in [-0.39, 0.29) is 0 Å². The minimum absolute atomic E-state index is 0.926. The van der Waals surface area contributed by atoms with Gasteiger partial charge in [0.15, 0.2) is 0 Å². The van der Waals surface area contributed by atoms with E-state index in [9.17, 15) is 0 Å². The molecule has 0 aliphatic carbocycles. The van der Waals surface area contributed by atoms with Gasteiger partial charge in [-0.2, -0.15) is 0 Å². The molecule has 6 rings (SSSR count). The van der Waals surface area contributed by atoms with Crippen LogP contribution >= 0.6 is 0 Å². The first-order valence-electron chi connectivity index (χ1n) is 10.2. The first kappa shape index (κ1) is 15.8. The number of fused-ring (bicyclic) bond motifs is 6. The van der Waals surface area contributed by atoms with Gasteiger partial charge in [-0.25, -0.2) is 0 Å². The molecule has 0 saturated carbocycles. The number of nitrogens with zero attached hydrogens (tertiary/aromatic N) is 3. The molecule has 2 aromatic heterocycles. The van der Waals surface area contributed by atoms with Crippen LogP contribution in [-0.4, -0.2) is 22.5 Å². The van der Waals surface area contributed by atoms with Gasteiger partial charge < -0.3 is 14.2 Å². The van der Waals surface area contributed by atoms with Gasteiger partial charge in [0.05, 0.1) is 28.9 Å². The lowest BCUT2D eigenvalue weighted by atomic mass is 10.1. The lowest BCUT2D eigenvalue weighted by Gasteiger charge is -2.22. The van der Waals surface area contributed by atoms with Crippen LogP contribution in [-0.2, 0) is 0 Å². The average molecular weight is 365 g/mol. The van der Waals surface area contributed by atoms with E-state index in [0.717, 1.165) is 13.2 Å². The van der Waals surface area contributed by atoms with E-state index in [4.69, 9.17) is 0 Å². The van der Waals surface area contributed by atoms with Gasteiger partial charge >= 0.3 is 0 Å². The normalized spacial score (nSPS) is 14.6. The van der Waals surface area contributed by atoms with Crippen molar-refractivity contribution in [2.75, 3.05) is 18.1 Å². The van der Waals surface area contributed by atoms with E-state index in [1.54, 1.807) is 0 Å². The van der Waals surface area contributed by atoms with Gasteiger partial charge in [-0.1, -0.05) is 61.9 Å². The van der Waals surface area contributed by atoms with E-state index in [2.05, 4.69) is 94.2 Å². The second-order valence-electron chi connectivity index (χ2n) is 7.80. The van der Waals surface area contributed by atoms with E-state index >= 15 is 0 Å². The van der Waals surface area contributed by atoms with Gasteiger partial charge in [-0.05, 0) is 18.6 Å². The molecule has 1 aliphatic rings. The number of hydrogen-bond acceptors (Lipinski definition) is 2. The van der Waals surface area contributed by atoms with E-state index < -0.39 is 0 Å². The number of anilines is 1. The second-order valence-corrected chi connectivity index (χ2v) is 7.80. The van der Waals surface area contributed by atoms with Gasteiger partial charge in [0, 0.05) is 40.5 Å². The predicted molar refractivity (Wildman–Crippen MR) is 119 cm³/mol. The first-order valence-corrected chi connectivity index (χ1v) is 10.2. The van der Waals surface area contributed by atoms with Crippen LogP contribution in [0.5, 0.6) is 0 Å². The second kappa shape index (κ2) is 5.90. The van der Waals surface area contributed by atoms with Crippen LogP contribution in [0.1, 0.15) is 19.8 Å². The Morgan fingerprint density at radius 3 is 2.32 bits per heavy atom. The number of benzene rings is 3. The highest BCUT2D eigenvalue weighted by Gasteiger charge is 2.22. The molecule has 3 heterocycles. The summed E-state index contributed by atoms with van der Waals surface area (Å²) in [5, 5.41) is 5.36. The Kier molecular flexibility index (Phi) is 3.33. The molecule has 3 heteroatoms. The van der Waals surface area contributed by atoms with Crippen LogP contribution in [0.4, 0.5) is 5.69 Å². The Hall–Kier alpha value is -3.20. The molecule has 0 spiro atoms. The summed E-state index contributed by atoms with van der Waals surface area (Å²) in [5.41, 5.74) is 5.24. The van der Waals surface area contributed by atoms with E-state index in [1.165, 1.54) is 56.6 Å². The molecule has 0 saturated heterocycles. The van der Waals surface area contributed by atoms with Crippen LogP contribution in [0.15, 0.2) is 73.1 Å². The molecule has 0 radical (unpaired) electrons. The molecule has 3 aromatic carbocycles. The SMILES string of the molecule is CCCCN1C=CN(c2cccc3c4cccc5c6ccccc6n(c23)c54)C1. The van der Waals surface area contributed by atoms with Crippen molar-refractivity contribution >= 4 is 43.8 Å². The standard InChI is InChI=1S/C25H23N3/c1-2-3-14-26-15-16-27(17-26)23-13-7-11-21-20-10-6-9-19-18-8-4-5-12-22(18)28(24(19)20)25(21)23/h4-13,15-16H,2-3,14,17H2,1H3. The molecule has 0 amide bonds. The zero-order valence-electron chi connectivity index (χ0n) is 16.1. The molecule has 0 atom stereocenters. The van der Waals surface area contributed by atoms with Crippen molar-refractivity contribution in [3.8, 4) is 0 Å². The van der Waals surface area contributed by atoms with E-state index in [1.807, 2.05) is 0 Å². The molecule has 3 nitrogen and oxygen atoms in total. The van der Waals surface area contributed by atoms with Crippen molar-refractivity contribution in [3.63, 3.8) is 0 Å². The molecule has 1 aliphatic heterocycles. The average Bonchev–Trinajstić information content (AvgIpc) is 3.43. The molecular weight excluding hydrogens is 342 g/mol. The fraction of sp³-hybridized carbons (Fsp3) is 0.200. The summed E-state index contributed by atoms with van der Waals surface area (Å²) in [4.78, 5) is 4.80. The summed E-state index contributed by atoms with van der Waals surface area (Å²) < 4.78 is 2.48. The highest BCUT2D eigenvalue weighted by molar-refractivity contribution is 6.24. The van der Waals surface area contributed by atoms with Gasteiger partial charge in [0.1, 0.15) is 0 Å². The highest BCUT2D eigenvalue weighted by atomic mass is 15.3. The molecule has 138 valence electrons. The lowest BCUT2D eigenvalue weighted by Crippen LogP contribution is -2.25. The summed E-state index contributed by atoms with van der Waals surface area (Å²) in [5.74, 6) is 0. The quantitative estimate of drug-likeness (QED) is 0.376. The fourth-order valence-corrected chi connectivity index (χ4v) is 4.81. The molecule has 0 fully saturated rings. The first-order chi connectivity index (χ1) is 13.9. The van der Waals surface area contributed by atoms with Crippen molar-refractivity contribution in [1.29, 1.82) is 0 Å². The molecule has 5 aromatic rings. The van der Waals surface area contributed by atoms with Gasteiger partial charge in [-0.15, -0.1) is 0 Å². The predicted octanol–water partition coefficient (Wildman–Crippen LogP) is 6.19. The number of rotatable bonds is 4. The number of aromatic nitrogens is 1. The van der Waals surface area contributed by atoms with Gasteiger partial charge in [-0.3, -0.25) is 0 Å². The number of hydrogen-bond donors (Lipinski definition) is 0. The smallest absolute Gasteiger partial charge is 0.0942 e. The molecule has 0 bridgehead atoms. The third-order valence-electron chi connectivity index (χ3n) is 6.12. The van der Waals surface area contributed by atoms with Gasteiger partial charge in [0.25, 0.3) is 0 Å². The molecule has 0 unspecified atom stereocenters. The maximum atomic E-state index is 2.48. The summed E-state index contributed by atoms with van der Waals surface area (Å²) in [6.07, 6.45) is 6.94. The summed E-state index contributed by atoms with van der Waals surface area (Å²) in [6, 6.07) is 22.2. The van der Waals surface area contributed by atoms with E-state index in [0.29, 0.717) is 0 Å². The summed E-state index contributed by atoms with van der Waals surface area (Å²) >= 11 is 0. The van der Waals surface area contributed by atoms with Gasteiger partial charge in [0.2, 0.25) is 0 Å². The van der Waals surface area contributed by atoms with Crippen LogP contribution in [0.3, 0.4) is 0 Å². The Morgan fingerprint density at radius 2 is 1.46 bits per heavy atom. The minimum Gasteiger partial charge on any atom is -0.358 e. The topological polar surface area (TPSA) is 10.9 Å². The maximum absolute atomic E-state index is 2.48. The van der Waals surface area contributed by atoms with Crippen LogP contribution in [0.25, 0.3) is 38.1 Å². The Bertz CT molecular complexity index is 1340.